The zero-order chi connectivity index (χ0) is 10.9. The Labute approximate surface area is 86.2 Å². The zero-order valence-corrected chi connectivity index (χ0v) is 9.41. The van der Waals surface area contributed by atoms with Gasteiger partial charge in [-0.3, -0.25) is 0 Å². The fraction of sp³-hybridized carbons (Fsp3) is 1.00. The molecule has 0 aliphatic rings. The van der Waals surface area contributed by atoms with Gasteiger partial charge in [0.1, 0.15) is 0 Å². The number of hydrogen-bond donors (Lipinski definition) is 1. The van der Waals surface area contributed by atoms with Crippen LogP contribution in [0.2, 0.25) is 0 Å². The number of methoxy groups -OCH3 is 1. The van der Waals surface area contributed by atoms with E-state index in [0.717, 1.165) is 6.42 Å². The minimum Gasteiger partial charge on any atom is -0.394 e. The van der Waals surface area contributed by atoms with E-state index in [2.05, 4.69) is 0 Å². The summed E-state index contributed by atoms with van der Waals surface area (Å²) in [4.78, 5) is 0. The summed E-state index contributed by atoms with van der Waals surface area (Å²) in [5.74, 6) is 0. The molecule has 14 heavy (non-hydrogen) atoms. The Hall–Kier alpha value is -0.160. The lowest BCUT2D eigenvalue weighted by Gasteiger charge is -2.25. The molecule has 0 aliphatic heterocycles. The Kier molecular flexibility index (Phi) is 8.08. The fourth-order valence-electron chi connectivity index (χ4n) is 0.958. The fourth-order valence-corrected chi connectivity index (χ4v) is 0.958. The van der Waals surface area contributed by atoms with Crippen LogP contribution < -0.4 is 0 Å². The highest BCUT2D eigenvalue weighted by molar-refractivity contribution is 4.67. The Balaban J connectivity index is 3.40. The zero-order valence-electron chi connectivity index (χ0n) is 9.41. The van der Waals surface area contributed by atoms with E-state index >= 15 is 0 Å². The lowest BCUT2D eigenvalue weighted by atomic mass is 10.1. The quantitative estimate of drug-likeness (QED) is 0.568. The minimum absolute atomic E-state index is 0.0744. The molecule has 0 bridgehead atoms. The van der Waals surface area contributed by atoms with Crippen molar-refractivity contribution < 1.29 is 19.3 Å². The third-order valence-electron chi connectivity index (χ3n) is 1.86. The highest BCUT2D eigenvalue weighted by Gasteiger charge is 2.17. The predicted molar refractivity (Wildman–Crippen MR) is 54.4 cm³/mol. The number of rotatable bonds is 9. The Morgan fingerprint density at radius 3 is 2.36 bits per heavy atom. The molecule has 86 valence electrons. The van der Waals surface area contributed by atoms with E-state index in [4.69, 9.17) is 19.3 Å². The summed E-state index contributed by atoms with van der Waals surface area (Å²) >= 11 is 0. The summed E-state index contributed by atoms with van der Waals surface area (Å²) in [6, 6.07) is 0. The number of ether oxygens (including phenoxy) is 3. The van der Waals surface area contributed by atoms with E-state index in [1.54, 1.807) is 7.11 Å². The molecule has 4 heteroatoms. The molecule has 4 nitrogen and oxygen atoms in total. The van der Waals surface area contributed by atoms with E-state index in [0.29, 0.717) is 26.4 Å². The number of hydrogen-bond acceptors (Lipinski definition) is 4. The van der Waals surface area contributed by atoms with Crippen LogP contribution in [0.4, 0.5) is 0 Å². The molecule has 0 amide bonds. The highest BCUT2D eigenvalue weighted by atomic mass is 16.5. The Bertz CT molecular complexity index is 125. The third kappa shape index (κ3) is 8.44. The lowest BCUT2D eigenvalue weighted by molar-refractivity contribution is -0.0585. The van der Waals surface area contributed by atoms with Crippen molar-refractivity contribution in [2.24, 2.45) is 0 Å². The van der Waals surface area contributed by atoms with Crippen LogP contribution in [0.25, 0.3) is 0 Å². The molecule has 0 aliphatic carbocycles. The lowest BCUT2D eigenvalue weighted by Crippen LogP contribution is -2.28. The van der Waals surface area contributed by atoms with Crippen LogP contribution in [0, 0.1) is 0 Å². The number of aliphatic hydroxyl groups excluding tert-OH is 1. The van der Waals surface area contributed by atoms with Crippen molar-refractivity contribution in [2.45, 2.75) is 25.9 Å². The van der Waals surface area contributed by atoms with Gasteiger partial charge in [-0.15, -0.1) is 0 Å². The molecular weight excluding hydrogens is 184 g/mol. The molecule has 0 unspecified atom stereocenters. The van der Waals surface area contributed by atoms with Crippen LogP contribution in [0.15, 0.2) is 0 Å². The van der Waals surface area contributed by atoms with E-state index in [9.17, 15) is 0 Å². The first-order valence-electron chi connectivity index (χ1n) is 4.94. The van der Waals surface area contributed by atoms with E-state index < -0.39 is 0 Å². The van der Waals surface area contributed by atoms with Crippen LogP contribution in [-0.2, 0) is 14.2 Å². The van der Waals surface area contributed by atoms with Gasteiger partial charge in [0.05, 0.1) is 32.0 Å². The molecule has 0 fully saturated rings. The number of aliphatic hydroxyl groups is 1. The van der Waals surface area contributed by atoms with E-state index in [-0.39, 0.29) is 12.2 Å². The largest absolute Gasteiger partial charge is 0.394 e. The second-order valence-electron chi connectivity index (χ2n) is 3.69. The van der Waals surface area contributed by atoms with Crippen molar-refractivity contribution in [3.63, 3.8) is 0 Å². The van der Waals surface area contributed by atoms with Gasteiger partial charge in [-0.05, 0) is 20.3 Å². The third-order valence-corrected chi connectivity index (χ3v) is 1.86. The van der Waals surface area contributed by atoms with Gasteiger partial charge in [-0.1, -0.05) is 0 Å². The minimum atomic E-state index is -0.187. The van der Waals surface area contributed by atoms with Crippen LogP contribution in [-0.4, -0.2) is 50.9 Å². The van der Waals surface area contributed by atoms with Gasteiger partial charge in [-0.25, -0.2) is 0 Å². The first-order chi connectivity index (χ1) is 6.62. The Morgan fingerprint density at radius 2 is 1.79 bits per heavy atom. The topological polar surface area (TPSA) is 47.9 Å². The van der Waals surface area contributed by atoms with Gasteiger partial charge in [0.2, 0.25) is 0 Å². The first kappa shape index (κ1) is 13.8. The highest BCUT2D eigenvalue weighted by Crippen LogP contribution is 2.13. The molecule has 0 aromatic rings. The van der Waals surface area contributed by atoms with Crippen molar-refractivity contribution in [3.8, 4) is 0 Å². The monoisotopic (exact) mass is 206 g/mol. The second-order valence-corrected chi connectivity index (χ2v) is 3.69. The molecule has 0 spiro atoms. The molecule has 0 radical (unpaired) electrons. The van der Waals surface area contributed by atoms with Crippen LogP contribution in [0.3, 0.4) is 0 Å². The SMILES string of the molecule is COCCOC(C)(C)CCOCCO. The average Bonchev–Trinajstić information content (AvgIpc) is 2.13. The second kappa shape index (κ2) is 8.17. The first-order valence-corrected chi connectivity index (χ1v) is 4.94. The van der Waals surface area contributed by atoms with Gasteiger partial charge in [0, 0.05) is 13.7 Å². The maximum Gasteiger partial charge on any atom is 0.0707 e. The van der Waals surface area contributed by atoms with Crippen molar-refractivity contribution in [3.05, 3.63) is 0 Å². The van der Waals surface area contributed by atoms with Gasteiger partial charge >= 0.3 is 0 Å². The molecule has 1 N–H and O–H groups in total. The molecule has 0 aromatic carbocycles. The molecule has 0 aromatic heterocycles. The maximum absolute atomic E-state index is 8.50. The van der Waals surface area contributed by atoms with Crippen LogP contribution >= 0.6 is 0 Å². The van der Waals surface area contributed by atoms with Crippen molar-refractivity contribution >= 4 is 0 Å². The predicted octanol–water partition coefficient (Wildman–Crippen LogP) is 0.827. The molecule has 0 rings (SSSR count). The summed E-state index contributed by atoms with van der Waals surface area (Å²) in [6.45, 7) is 6.33. The molecule has 0 atom stereocenters. The van der Waals surface area contributed by atoms with Gasteiger partial charge < -0.3 is 19.3 Å². The molecule has 0 heterocycles. The van der Waals surface area contributed by atoms with Crippen LogP contribution in [0.5, 0.6) is 0 Å². The summed E-state index contributed by atoms with van der Waals surface area (Å²) < 4.78 is 15.6. The molecule has 0 saturated heterocycles. The Morgan fingerprint density at radius 1 is 1.07 bits per heavy atom. The average molecular weight is 206 g/mol. The van der Waals surface area contributed by atoms with Gasteiger partial charge in [-0.2, -0.15) is 0 Å². The molecule has 0 saturated carbocycles. The van der Waals surface area contributed by atoms with Gasteiger partial charge in [0.15, 0.2) is 0 Å². The summed E-state index contributed by atoms with van der Waals surface area (Å²) in [5, 5.41) is 8.50. The summed E-state index contributed by atoms with van der Waals surface area (Å²) in [7, 11) is 1.65. The van der Waals surface area contributed by atoms with Crippen LogP contribution in [0.1, 0.15) is 20.3 Å². The normalized spacial score (nSPS) is 12.0. The standard InChI is InChI=1S/C10H22O4/c1-10(2,14-9-8-12-3)4-6-13-7-5-11/h11H,4-9H2,1-3H3. The smallest absolute Gasteiger partial charge is 0.0707 e. The van der Waals surface area contributed by atoms with E-state index in [1.165, 1.54) is 0 Å². The van der Waals surface area contributed by atoms with Crippen molar-refractivity contribution in [1.29, 1.82) is 0 Å². The van der Waals surface area contributed by atoms with Crippen molar-refractivity contribution in [2.75, 3.05) is 40.1 Å². The summed E-state index contributed by atoms with van der Waals surface area (Å²) in [6.07, 6.45) is 0.816. The maximum atomic E-state index is 8.50. The van der Waals surface area contributed by atoms with E-state index in [1.807, 2.05) is 13.8 Å². The van der Waals surface area contributed by atoms with Crippen molar-refractivity contribution in [1.82, 2.24) is 0 Å². The summed E-state index contributed by atoms with van der Waals surface area (Å²) in [5.41, 5.74) is -0.187. The molecular formula is C10H22O4. The van der Waals surface area contributed by atoms with Gasteiger partial charge in [0.25, 0.3) is 0 Å².